The summed E-state index contributed by atoms with van der Waals surface area (Å²) in [5, 5.41) is 10.9. The lowest BCUT2D eigenvalue weighted by atomic mass is 10.2. The monoisotopic (exact) mass is 543 g/mol. The van der Waals surface area contributed by atoms with Gasteiger partial charge in [-0.15, -0.1) is 24.0 Å². The number of nitrogens with zero attached hydrogens (tertiary/aromatic N) is 3. The van der Waals surface area contributed by atoms with Crippen LogP contribution in [0.2, 0.25) is 5.02 Å². The van der Waals surface area contributed by atoms with Gasteiger partial charge in [0.15, 0.2) is 17.5 Å². The van der Waals surface area contributed by atoms with Gasteiger partial charge in [0.2, 0.25) is 11.7 Å². The minimum Gasteiger partial charge on any atom is -0.493 e. The number of methoxy groups -OCH3 is 1. The molecule has 0 fully saturated rings. The van der Waals surface area contributed by atoms with Gasteiger partial charge in [-0.25, -0.2) is 0 Å². The first-order valence-corrected chi connectivity index (χ1v) is 9.37. The van der Waals surface area contributed by atoms with Gasteiger partial charge >= 0.3 is 0 Å². The van der Waals surface area contributed by atoms with Crippen molar-refractivity contribution >= 4 is 47.2 Å². The number of rotatable bonds is 7. The zero-order valence-electron chi connectivity index (χ0n) is 16.8. The molecule has 10 heteroatoms. The third-order valence-electron chi connectivity index (χ3n) is 3.91. The van der Waals surface area contributed by atoms with Crippen LogP contribution in [0, 0.1) is 0 Å². The number of benzene rings is 2. The second-order valence-corrected chi connectivity index (χ2v) is 6.31. The van der Waals surface area contributed by atoms with Gasteiger partial charge < -0.3 is 24.6 Å². The molecule has 0 amide bonds. The molecular weight excluding hydrogens is 521 g/mol. The van der Waals surface area contributed by atoms with Crippen LogP contribution < -0.4 is 20.1 Å². The Bertz CT molecular complexity index is 996. The fourth-order valence-electron chi connectivity index (χ4n) is 2.57. The second-order valence-electron chi connectivity index (χ2n) is 5.87. The maximum atomic E-state index is 6.01. The third-order valence-corrected chi connectivity index (χ3v) is 4.14. The summed E-state index contributed by atoms with van der Waals surface area (Å²) in [6.07, 6.45) is 0. The molecule has 2 N–H and O–H groups in total. The van der Waals surface area contributed by atoms with Crippen molar-refractivity contribution in [2.24, 2.45) is 4.99 Å². The number of hydrogen-bond acceptors (Lipinski definition) is 6. The lowest BCUT2D eigenvalue weighted by molar-refractivity contribution is 0.311. The molecule has 0 aliphatic heterocycles. The largest absolute Gasteiger partial charge is 0.493 e. The predicted octanol–water partition coefficient (Wildman–Crippen LogP) is 4.60. The highest BCUT2D eigenvalue weighted by molar-refractivity contribution is 14.0. The van der Waals surface area contributed by atoms with Crippen LogP contribution in [0.3, 0.4) is 0 Å². The molecule has 0 unspecified atom stereocenters. The van der Waals surface area contributed by atoms with Crippen molar-refractivity contribution in [2.75, 3.05) is 26.1 Å². The van der Waals surface area contributed by atoms with E-state index in [-0.39, 0.29) is 24.0 Å². The summed E-state index contributed by atoms with van der Waals surface area (Å²) >= 11 is 6.01. The van der Waals surface area contributed by atoms with Crippen LogP contribution in [-0.4, -0.2) is 36.9 Å². The molecule has 0 spiro atoms. The molecule has 2 aromatic carbocycles. The Labute approximate surface area is 197 Å². The molecule has 30 heavy (non-hydrogen) atoms. The fourth-order valence-corrected chi connectivity index (χ4v) is 2.76. The zero-order chi connectivity index (χ0) is 20.6. The van der Waals surface area contributed by atoms with Gasteiger partial charge in [0.1, 0.15) is 0 Å². The van der Waals surface area contributed by atoms with Gasteiger partial charge in [-0.2, -0.15) is 4.98 Å². The summed E-state index contributed by atoms with van der Waals surface area (Å²) in [4.78, 5) is 8.58. The number of hydrogen-bond donors (Lipinski definition) is 2. The number of halogens is 2. The molecular formula is C20H23ClIN5O3. The third kappa shape index (κ3) is 6.23. The van der Waals surface area contributed by atoms with Crippen molar-refractivity contribution in [3.8, 4) is 22.9 Å². The summed E-state index contributed by atoms with van der Waals surface area (Å²) in [7, 11) is 3.27. The summed E-state index contributed by atoms with van der Waals surface area (Å²) in [6.45, 7) is 2.79. The molecule has 0 atom stereocenters. The van der Waals surface area contributed by atoms with Gasteiger partial charge in [0.25, 0.3) is 0 Å². The fraction of sp³-hybridized carbons (Fsp3) is 0.250. The normalized spacial score (nSPS) is 10.9. The molecule has 1 heterocycles. The molecule has 0 saturated carbocycles. The van der Waals surface area contributed by atoms with E-state index in [1.54, 1.807) is 26.3 Å². The number of guanidine groups is 1. The molecule has 0 aliphatic rings. The summed E-state index contributed by atoms with van der Waals surface area (Å²) in [5.74, 6) is 2.76. The van der Waals surface area contributed by atoms with Crippen LogP contribution in [0.4, 0.5) is 5.69 Å². The van der Waals surface area contributed by atoms with Crippen LogP contribution in [0.1, 0.15) is 12.8 Å². The SMILES string of the molecule is CCOc1ccc(NC(=NC)NCc2nc(-c3cccc(Cl)c3)no2)cc1OC.I. The van der Waals surface area contributed by atoms with Crippen molar-refractivity contribution in [3.05, 3.63) is 53.4 Å². The van der Waals surface area contributed by atoms with Gasteiger partial charge in [0, 0.05) is 29.4 Å². The first kappa shape index (κ1) is 23.7. The smallest absolute Gasteiger partial charge is 0.246 e. The van der Waals surface area contributed by atoms with Crippen LogP contribution in [0.15, 0.2) is 52.0 Å². The quantitative estimate of drug-likeness (QED) is 0.255. The van der Waals surface area contributed by atoms with E-state index in [0.717, 1.165) is 11.3 Å². The summed E-state index contributed by atoms with van der Waals surface area (Å²) in [5.41, 5.74) is 1.58. The van der Waals surface area contributed by atoms with E-state index in [0.29, 0.717) is 47.3 Å². The molecule has 3 aromatic rings. The highest BCUT2D eigenvalue weighted by Crippen LogP contribution is 2.30. The Morgan fingerprint density at radius 1 is 1.20 bits per heavy atom. The number of ether oxygens (including phenoxy) is 2. The lowest BCUT2D eigenvalue weighted by Gasteiger charge is -2.13. The average Bonchev–Trinajstić information content (AvgIpc) is 3.21. The van der Waals surface area contributed by atoms with Gasteiger partial charge in [0.05, 0.1) is 20.3 Å². The van der Waals surface area contributed by atoms with Crippen molar-refractivity contribution in [2.45, 2.75) is 13.5 Å². The maximum Gasteiger partial charge on any atom is 0.246 e. The Balaban J connectivity index is 0.00000320. The van der Waals surface area contributed by atoms with Crippen LogP contribution >= 0.6 is 35.6 Å². The van der Waals surface area contributed by atoms with Crippen LogP contribution in [0.25, 0.3) is 11.4 Å². The standard InChI is InChI=1S/C20H22ClN5O3.HI/c1-4-28-16-9-8-15(11-17(16)27-3)24-20(22-2)23-12-18-25-19(26-29-18)13-6-5-7-14(21)10-13;/h5-11H,4,12H2,1-3H3,(H2,22,23,24);1H. The van der Waals surface area contributed by atoms with Crippen LogP contribution in [0.5, 0.6) is 11.5 Å². The predicted molar refractivity (Wildman–Crippen MR) is 128 cm³/mol. The van der Waals surface area contributed by atoms with E-state index in [4.69, 9.17) is 25.6 Å². The van der Waals surface area contributed by atoms with Gasteiger partial charge in [-0.1, -0.05) is 28.9 Å². The second kappa shape index (κ2) is 11.6. The van der Waals surface area contributed by atoms with Crippen LogP contribution in [-0.2, 0) is 6.54 Å². The highest BCUT2D eigenvalue weighted by atomic mass is 127. The number of aliphatic imine (C=N–C) groups is 1. The molecule has 0 aliphatic carbocycles. The van der Waals surface area contributed by atoms with Crippen molar-refractivity contribution in [1.29, 1.82) is 0 Å². The summed E-state index contributed by atoms with van der Waals surface area (Å²) in [6, 6.07) is 12.8. The van der Waals surface area contributed by atoms with Crippen molar-refractivity contribution in [1.82, 2.24) is 15.5 Å². The first-order chi connectivity index (χ1) is 14.1. The molecule has 0 radical (unpaired) electrons. The Morgan fingerprint density at radius 3 is 2.73 bits per heavy atom. The van der Waals surface area contributed by atoms with E-state index in [9.17, 15) is 0 Å². The van der Waals surface area contributed by atoms with E-state index in [1.165, 1.54) is 0 Å². The molecule has 160 valence electrons. The Morgan fingerprint density at radius 2 is 2.03 bits per heavy atom. The highest BCUT2D eigenvalue weighted by Gasteiger charge is 2.11. The topological polar surface area (TPSA) is 93.8 Å². The Hall–Kier alpha value is -2.53. The maximum absolute atomic E-state index is 6.01. The molecule has 1 aromatic heterocycles. The number of nitrogens with one attached hydrogen (secondary N) is 2. The number of anilines is 1. The van der Waals surface area contributed by atoms with Crippen molar-refractivity contribution in [3.63, 3.8) is 0 Å². The van der Waals surface area contributed by atoms with Gasteiger partial charge in [-0.05, 0) is 31.2 Å². The van der Waals surface area contributed by atoms with E-state index in [1.807, 2.05) is 37.3 Å². The minimum atomic E-state index is 0. The summed E-state index contributed by atoms with van der Waals surface area (Å²) < 4.78 is 16.2. The molecule has 0 saturated heterocycles. The number of aromatic nitrogens is 2. The van der Waals surface area contributed by atoms with E-state index >= 15 is 0 Å². The first-order valence-electron chi connectivity index (χ1n) is 9.00. The van der Waals surface area contributed by atoms with Gasteiger partial charge in [-0.3, -0.25) is 4.99 Å². The molecule has 3 rings (SSSR count). The van der Waals surface area contributed by atoms with Crippen molar-refractivity contribution < 1.29 is 14.0 Å². The minimum absolute atomic E-state index is 0. The van der Waals surface area contributed by atoms with E-state index < -0.39 is 0 Å². The molecule has 0 bridgehead atoms. The molecule has 8 nitrogen and oxygen atoms in total. The Kier molecular flexibility index (Phi) is 9.18. The average molecular weight is 544 g/mol. The zero-order valence-corrected chi connectivity index (χ0v) is 19.9. The van der Waals surface area contributed by atoms with E-state index in [2.05, 4.69) is 25.8 Å². The lowest BCUT2D eigenvalue weighted by Crippen LogP contribution is -2.30.